The Hall–Kier alpha value is -3.12. The van der Waals surface area contributed by atoms with Crippen LogP contribution in [0.5, 0.6) is 5.75 Å². The summed E-state index contributed by atoms with van der Waals surface area (Å²) < 4.78 is 6.46. The molecule has 0 aliphatic heterocycles. The van der Waals surface area contributed by atoms with Crippen molar-refractivity contribution in [2.45, 2.75) is 13.3 Å². The molecule has 0 spiro atoms. The number of carbonyl (C=O) groups excluding carboxylic acids is 2. The highest BCUT2D eigenvalue weighted by Crippen LogP contribution is 2.26. The highest BCUT2D eigenvalue weighted by Gasteiger charge is 2.17. The van der Waals surface area contributed by atoms with E-state index < -0.39 is 0 Å². The van der Waals surface area contributed by atoms with Gasteiger partial charge in [-0.15, -0.1) is 0 Å². The molecule has 0 fully saturated rings. The van der Waals surface area contributed by atoms with E-state index in [1.165, 1.54) is 0 Å². The van der Waals surface area contributed by atoms with E-state index in [2.05, 4.69) is 26.6 Å². The molecular formula is C23H21BrN2O3. The van der Waals surface area contributed by atoms with Crippen molar-refractivity contribution in [3.05, 3.63) is 88.4 Å². The summed E-state index contributed by atoms with van der Waals surface area (Å²) in [7, 11) is 0. The van der Waals surface area contributed by atoms with Crippen molar-refractivity contribution in [1.82, 2.24) is 0 Å². The van der Waals surface area contributed by atoms with Gasteiger partial charge in [0.2, 0.25) is 0 Å². The van der Waals surface area contributed by atoms with Crippen LogP contribution < -0.4 is 15.4 Å². The monoisotopic (exact) mass is 452 g/mol. The predicted octanol–water partition coefficient (Wildman–Crippen LogP) is 5.74. The molecule has 0 heterocycles. The van der Waals surface area contributed by atoms with E-state index in [9.17, 15) is 9.59 Å². The molecule has 2 N–H and O–H groups in total. The van der Waals surface area contributed by atoms with Crippen LogP contribution in [0.15, 0.2) is 77.3 Å². The van der Waals surface area contributed by atoms with Crippen LogP contribution in [0.1, 0.15) is 34.1 Å². The van der Waals surface area contributed by atoms with Gasteiger partial charge in [-0.05, 0) is 48.9 Å². The molecule has 0 saturated heterocycles. The maximum absolute atomic E-state index is 12.9. The molecule has 6 heteroatoms. The Bertz CT molecular complexity index is 1010. The van der Waals surface area contributed by atoms with Gasteiger partial charge in [-0.3, -0.25) is 9.59 Å². The highest BCUT2D eigenvalue weighted by atomic mass is 79.9. The number of carbonyl (C=O) groups is 2. The molecule has 148 valence electrons. The summed E-state index contributed by atoms with van der Waals surface area (Å²) in [6, 6.07) is 21.3. The first-order chi connectivity index (χ1) is 14.1. The average molecular weight is 453 g/mol. The Morgan fingerprint density at radius 2 is 1.55 bits per heavy atom. The molecule has 0 saturated carbocycles. The van der Waals surface area contributed by atoms with Gasteiger partial charge in [0, 0.05) is 10.2 Å². The first kappa shape index (κ1) is 20.6. The zero-order chi connectivity index (χ0) is 20.6. The molecule has 5 nitrogen and oxygen atoms in total. The summed E-state index contributed by atoms with van der Waals surface area (Å²) >= 11 is 3.39. The Kier molecular flexibility index (Phi) is 7.03. The zero-order valence-corrected chi connectivity index (χ0v) is 17.5. The molecule has 0 bridgehead atoms. The second-order valence-electron chi connectivity index (χ2n) is 6.31. The summed E-state index contributed by atoms with van der Waals surface area (Å²) in [5, 5.41) is 5.67. The molecule has 3 rings (SSSR count). The van der Waals surface area contributed by atoms with Gasteiger partial charge in [0.15, 0.2) is 0 Å². The molecular weight excluding hydrogens is 432 g/mol. The van der Waals surface area contributed by atoms with E-state index in [0.717, 1.165) is 10.9 Å². The van der Waals surface area contributed by atoms with Gasteiger partial charge in [-0.2, -0.15) is 0 Å². The second-order valence-corrected chi connectivity index (χ2v) is 7.22. The first-order valence-electron chi connectivity index (χ1n) is 9.27. The number of halogens is 1. The average Bonchev–Trinajstić information content (AvgIpc) is 2.74. The van der Waals surface area contributed by atoms with Crippen molar-refractivity contribution in [2.75, 3.05) is 17.2 Å². The molecule has 0 aromatic heterocycles. The number of hydrogen-bond acceptors (Lipinski definition) is 3. The van der Waals surface area contributed by atoms with Crippen molar-refractivity contribution in [3.63, 3.8) is 0 Å². The Morgan fingerprint density at radius 3 is 2.31 bits per heavy atom. The molecule has 29 heavy (non-hydrogen) atoms. The van der Waals surface area contributed by atoms with Gasteiger partial charge in [0.05, 0.1) is 23.4 Å². The molecule has 0 atom stereocenters. The lowest BCUT2D eigenvalue weighted by atomic mass is 10.1. The highest BCUT2D eigenvalue weighted by molar-refractivity contribution is 9.10. The van der Waals surface area contributed by atoms with E-state index in [1.54, 1.807) is 48.5 Å². The number of ether oxygens (including phenoxy) is 1. The van der Waals surface area contributed by atoms with E-state index in [-0.39, 0.29) is 11.8 Å². The van der Waals surface area contributed by atoms with E-state index in [0.29, 0.717) is 34.9 Å². The molecule has 3 aromatic carbocycles. The van der Waals surface area contributed by atoms with E-state index in [4.69, 9.17) is 4.74 Å². The lowest BCUT2D eigenvalue weighted by Gasteiger charge is -2.14. The van der Waals surface area contributed by atoms with Crippen molar-refractivity contribution in [3.8, 4) is 5.75 Å². The molecule has 0 aliphatic rings. The topological polar surface area (TPSA) is 67.4 Å². The van der Waals surface area contributed by atoms with Crippen LogP contribution in [-0.2, 0) is 0 Å². The fourth-order valence-electron chi connectivity index (χ4n) is 2.72. The number of anilines is 2. The number of para-hydroxylation sites is 2. The summed E-state index contributed by atoms with van der Waals surface area (Å²) in [6.45, 7) is 2.51. The maximum atomic E-state index is 12.9. The molecule has 0 radical (unpaired) electrons. The van der Waals surface area contributed by atoms with Crippen molar-refractivity contribution in [2.24, 2.45) is 0 Å². The molecule has 2 amide bonds. The normalized spacial score (nSPS) is 10.3. The summed E-state index contributed by atoms with van der Waals surface area (Å²) in [6.07, 6.45) is 0.833. The van der Waals surface area contributed by atoms with Crippen molar-refractivity contribution < 1.29 is 14.3 Å². The number of benzene rings is 3. The van der Waals surface area contributed by atoms with Crippen LogP contribution in [0, 0.1) is 0 Å². The van der Waals surface area contributed by atoms with Crippen LogP contribution in [0.2, 0.25) is 0 Å². The van der Waals surface area contributed by atoms with Crippen LogP contribution in [-0.4, -0.2) is 18.4 Å². The minimum Gasteiger partial charge on any atom is -0.493 e. The first-order valence-corrected chi connectivity index (χ1v) is 10.1. The predicted molar refractivity (Wildman–Crippen MR) is 119 cm³/mol. The van der Waals surface area contributed by atoms with Crippen LogP contribution in [0.4, 0.5) is 11.4 Å². The Labute approximate surface area is 178 Å². The molecule has 3 aromatic rings. The smallest absolute Gasteiger partial charge is 0.259 e. The zero-order valence-electron chi connectivity index (χ0n) is 15.9. The largest absolute Gasteiger partial charge is 0.493 e. The van der Waals surface area contributed by atoms with Gasteiger partial charge in [-0.1, -0.05) is 53.2 Å². The maximum Gasteiger partial charge on any atom is 0.259 e. The van der Waals surface area contributed by atoms with Crippen LogP contribution in [0.25, 0.3) is 0 Å². The number of amides is 2. The van der Waals surface area contributed by atoms with Gasteiger partial charge in [-0.25, -0.2) is 0 Å². The second kappa shape index (κ2) is 9.89. The van der Waals surface area contributed by atoms with Gasteiger partial charge in [0.1, 0.15) is 5.75 Å². The van der Waals surface area contributed by atoms with Crippen molar-refractivity contribution in [1.29, 1.82) is 0 Å². The Balaban J connectivity index is 1.83. The Morgan fingerprint density at radius 1 is 0.862 bits per heavy atom. The SMILES string of the molecule is CCCOc1ccc(Br)cc1C(=O)Nc1ccccc1C(=O)Nc1ccccc1. The third-order valence-corrected chi connectivity index (χ3v) is 4.59. The third kappa shape index (κ3) is 5.45. The van der Waals surface area contributed by atoms with E-state index in [1.807, 2.05) is 31.2 Å². The van der Waals surface area contributed by atoms with E-state index >= 15 is 0 Å². The van der Waals surface area contributed by atoms with Gasteiger partial charge >= 0.3 is 0 Å². The minimum absolute atomic E-state index is 0.302. The lowest BCUT2D eigenvalue weighted by molar-refractivity contribution is 0.102. The third-order valence-electron chi connectivity index (χ3n) is 4.10. The van der Waals surface area contributed by atoms with Gasteiger partial charge < -0.3 is 15.4 Å². The number of rotatable bonds is 7. The van der Waals surface area contributed by atoms with Gasteiger partial charge in [0.25, 0.3) is 11.8 Å². The van der Waals surface area contributed by atoms with Crippen LogP contribution >= 0.6 is 15.9 Å². The fraction of sp³-hybridized carbons (Fsp3) is 0.130. The quantitative estimate of drug-likeness (QED) is 0.479. The molecule has 0 aliphatic carbocycles. The van der Waals surface area contributed by atoms with Crippen LogP contribution in [0.3, 0.4) is 0 Å². The number of nitrogens with one attached hydrogen (secondary N) is 2. The summed E-state index contributed by atoms with van der Waals surface area (Å²) in [5.74, 6) is -0.153. The summed E-state index contributed by atoms with van der Waals surface area (Å²) in [4.78, 5) is 25.7. The standard InChI is InChI=1S/C23H21BrN2O3/c1-2-14-29-21-13-12-16(24)15-19(21)23(28)26-20-11-7-6-10-18(20)22(27)25-17-8-4-3-5-9-17/h3-13,15H,2,14H2,1H3,(H,25,27)(H,26,28). The minimum atomic E-state index is -0.350. The lowest BCUT2D eigenvalue weighted by Crippen LogP contribution is -2.19. The summed E-state index contributed by atoms with van der Waals surface area (Å²) in [5.41, 5.74) is 1.87. The molecule has 0 unspecified atom stereocenters. The fourth-order valence-corrected chi connectivity index (χ4v) is 3.08. The van der Waals surface area contributed by atoms with Crippen molar-refractivity contribution >= 4 is 39.1 Å². The number of hydrogen-bond donors (Lipinski definition) is 2.